The summed E-state index contributed by atoms with van der Waals surface area (Å²) in [5, 5.41) is 8.23. The van der Waals surface area contributed by atoms with Gasteiger partial charge in [-0.2, -0.15) is 0 Å². The van der Waals surface area contributed by atoms with Crippen LogP contribution in [0.25, 0.3) is 11.3 Å². The van der Waals surface area contributed by atoms with Gasteiger partial charge in [0.15, 0.2) is 5.76 Å². The molecule has 0 fully saturated rings. The predicted octanol–water partition coefficient (Wildman–Crippen LogP) is 4.55. The quantitative estimate of drug-likeness (QED) is 0.573. The Labute approximate surface area is 168 Å². The summed E-state index contributed by atoms with van der Waals surface area (Å²) in [6, 6.07) is 16.2. The number of anilines is 1. The second-order valence-electron chi connectivity index (χ2n) is 6.78. The predicted molar refractivity (Wildman–Crippen MR) is 109 cm³/mol. The van der Waals surface area contributed by atoms with Gasteiger partial charge in [0.2, 0.25) is 0 Å². The summed E-state index contributed by atoms with van der Waals surface area (Å²) < 4.78 is 19.3. The van der Waals surface area contributed by atoms with Crippen molar-refractivity contribution in [2.45, 2.75) is 26.4 Å². The van der Waals surface area contributed by atoms with Crippen LogP contribution in [-0.2, 0) is 6.54 Å². The molecule has 0 saturated carbocycles. The Balaban J connectivity index is 1.56. The molecule has 1 aromatic heterocycles. The van der Waals surface area contributed by atoms with Gasteiger partial charge in [0.1, 0.15) is 11.6 Å². The third kappa shape index (κ3) is 5.44. The Morgan fingerprint density at radius 2 is 1.72 bits per heavy atom. The Kier molecular flexibility index (Phi) is 6.29. The van der Waals surface area contributed by atoms with Crippen LogP contribution in [0.1, 0.15) is 30.0 Å². The number of hydrogen-bond donors (Lipinski definition) is 3. The first-order valence-corrected chi connectivity index (χ1v) is 9.22. The van der Waals surface area contributed by atoms with Gasteiger partial charge in [-0.15, -0.1) is 0 Å². The molecule has 1 heterocycles. The molecule has 3 N–H and O–H groups in total. The zero-order valence-electron chi connectivity index (χ0n) is 16.2. The normalized spacial score (nSPS) is 10.6. The molecule has 0 radical (unpaired) electrons. The number of rotatable bonds is 6. The van der Waals surface area contributed by atoms with Crippen LogP contribution in [0.2, 0.25) is 0 Å². The van der Waals surface area contributed by atoms with Crippen molar-refractivity contribution in [2.75, 3.05) is 5.32 Å². The molecule has 0 unspecified atom stereocenters. The van der Waals surface area contributed by atoms with E-state index in [2.05, 4.69) is 16.0 Å². The number of nitrogens with one attached hydrogen (secondary N) is 3. The number of carbonyl (C=O) groups excluding carboxylic acids is 2. The van der Waals surface area contributed by atoms with E-state index in [1.807, 2.05) is 13.8 Å². The number of urea groups is 1. The molecular weight excluding hydrogens is 373 g/mol. The SMILES string of the molecule is CC(C)NC(=O)Nc1ccc(CNC(=O)c2ccc(-c3ccccc3F)o2)cc1. The van der Waals surface area contributed by atoms with Gasteiger partial charge in [0.05, 0.1) is 5.56 Å². The van der Waals surface area contributed by atoms with Crippen LogP contribution in [-0.4, -0.2) is 18.0 Å². The zero-order valence-corrected chi connectivity index (χ0v) is 16.2. The average molecular weight is 395 g/mol. The van der Waals surface area contributed by atoms with E-state index in [9.17, 15) is 14.0 Å². The van der Waals surface area contributed by atoms with E-state index in [-0.39, 0.29) is 24.4 Å². The van der Waals surface area contributed by atoms with Crippen LogP contribution in [0.5, 0.6) is 0 Å². The van der Waals surface area contributed by atoms with Gasteiger partial charge in [-0.25, -0.2) is 9.18 Å². The van der Waals surface area contributed by atoms with E-state index in [1.165, 1.54) is 12.1 Å². The fraction of sp³-hybridized carbons (Fsp3) is 0.182. The topological polar surface area (TPSA) is 83.4 Å². The smallest absolute Gasteiger partial charge is 0.319 e. The summed E-state index contributed by atoms with van der Waals surface area (Å²) in [4.78, 5) is 24.0. The molecule has 0 aliphatic heterocycles. The van der Waals surface area contributed by atoms with Crippen molar-refractivity contribution in [1.29, 1.82) is 0 Å². The highest BCUT2D eigenvalue weighted by molar-refractivity contribution is 5.92. The third-order valence-electron chi connectivity index (χ3n) is 4.05. The molecule has 0 bridgehead atoms. The highest BCUT2D eigenvalue weighted by Crippen LogP contribution is 2.24. The summed E-state index contributed by atoms with van der Waals surface area (Å²) in [6.07, 6.45) is 0. The minimum Gasteiger partial charge on any atom is -0.451 e. The maximum absolute atomic E-state index is 13.8. The van der Waals surface area contributed by atoms with Gasteiger partial charge in [0.25, 0.3) is 5.91 Å². The molecule has 3 amide bonds. The summed E-state index contributed by atoms with van der Waals surface area (Å²) in [7, 11) is 0. The Morgan fingerprint density at radius 1 is 1.00 bits per heavy atom. The summed E-state index contributed by atoms with van der Waals surface area (Å²) >= 11 is 0. The van der Waals surface area contributed by atoms with Crippen molar-refractivity contribution in [3.8, 4) is 11.3 Å². The summed E-state index contributed by atoms with van der Waals surface area (Å²) in [5.41, 5.74) is 1.81. The summed E-state index contributed by atoms with van der Waals surface area (Å²) in [5.74, 6) is -0.411. The third-order valence-corrected chi connectivity index (χ3v) is 4.05. The standard InChI is InChI=1S/C22H22FN3O3/c1-14(2)25-22(28)26-16-9-7-15(8-10-16)13-24-21(27)20-12-11-19(29-20)17-5-3-4-6-18(17)23/h3-12,14H,13H2,1-2H3,(H,24,27)(H2,25,26,28). The minimum atomic E-state index is -0.412. The number of carbonyl (C=O) groups is 2. The van der Waals surface area contributed by atoms with E-state index in [1.54, 1.807) is 48.5 Å². The molecule has 150 valence electrons. The maximum Gasteiger partial charge on any atom is 0.319 e. The lowest BCUT2D eigenvalue weighted by atomic mass is 10.1. The molecule has 2 aromatic carbocycles. The Morgan fingerprint density at radius 3 is 2.41 bits per heavy atom. The van der Waals surface area contributed by atoms with Crippen molar-refractivity contribution in [1.82, 2.24) is 10.6 Å². The number of benzene rings is 2. The van der Waals surface area contributed by atoms with Gasteiger partial charge < -0.3 is 20.4 Å². The first-order chi connectivity index (χ1) is 13.9. The van der Waals surface area contributed by atoms with Gasteiger partial charge >= 0.3 is 6.03 Å². The fourth-order valence-electron chi connectivity index (χ4n) is 2.67. The molecule has 29 heavy (non-hydrogen) atoms. The molecule has 3 aromatic rings. The molecule has 0 aliphatic rings. The second-order valence-corrected chi connectivity index (χ2v) is 6.78. The molecule has 7 heteroatoms. The monoisotopic (exact) mass is 395 g/mol. The number of amides is 3. The molecule has 6 nitrogen and oxygen atoms in total. The fourth-order valence-corrected chi connectivity index (χ4v) is 2.67. The van der Waals surface area contributed by atoms with Crippen molar-refractivity contribution >= 4 is 17.6 Å². The van der Waals surface area contributed by atoms with E-state index >= 15 is 0 Å². The lowest BCUT2D eigenvalue weighted by Gasteiger charge is -2.10. The van der Waals surface area contributed by atoms with Crippen LogP contribution in [0.15, 0.2) is 65.1 Å². The zero-order chi connectivity index (χ0) is 20.8. The molecule has 0 spiro atoms. The summed E-state index contributed by atoms with van der Waals surface area (Å²) in [6.45, 7) is 4.04. The number of halogens is 1. The molecule has 0 atom stereocenters. The maximum atomic E-state index is 13.8. The Bertz CT molecular complexity index is 997. The lowest BCUT2D eigenvalue weighted by molar-refractivity contribution is 0.0924. The van der Waals surface area contributed by atoms with Crippen LogP contribution in [0.4, 0.5) is 14.9 Å². The van der Waals surface area contributed by atoms with Gasteiger partial charge in [-0.05, 0) is 55.8 Å². The van der Waals surface area contributed by atoms with Crippen molar-refractivity contribution in [3.05, 3.63) is 77.8 Å². The van der Waals surface area contributed by atoms with Crippen molar-refractivity contribution < 1.29 is 18.4 Å². The average Bonchev–Trinajstić information content (AvgIpc) is 3.17. The first kappa shape index (κ1) is 20.1. The number of hydrogen-bond acceptors (Lipinski definition) is 3. The highest BCUT2D eigenvalue weighted by atomic mass is 19.1. The second kappa shape index (κ2) is 9.05. The minimum absolute atomic E-state index is 0.0463. The van der Waals surface area contributed by atoms with Crippen LogP contribution in [0, 0.1) is 5.82 Å². The van der Waals surface area contributed by atoms with Gasteiger partial charge in [-0.1, -0.05) is 24.3 Å². The van der Waals surface area contributed by atoms with Gasteiger partial charge in [0, 0.05) is 18.3 Å². The first-order valence-electron chi connectivity index (χ1n) is 9.22. The lowest BCUT2D eigenvalue weighted by Crippen LogP contribution is -2.34. The van der Waals surface area contributed by atoms with Crippen LogP contribution >= 0.6 is 0 Å². The van der Waals surface area contributed by atoms with E-state index < -0.39 is 11.7 Å². The Hall–Kier alpha value is -3.61. The highest BCUT2D eigenvalue weighted by Gasteiger charge is 2.14. The van der Waals surface area contributed by atoms with Crippen molar-refractivity contribution in [2.24, 2.45) is 0 Å². The van der Waals surface area contributed by atoms with Crippen LogP contribution in [0.3, 0.4) is 0 Å². The largest absolute Gasteiger partial charge is 0.451 e. The van der Waals surface area contributed by atoms with E-state index in [0.717, 1.165) is 5.56 Å². The molecule has 3 rings (SSSR count). The van der Waals surface area contributed by atoms with E-state index in [4.69, 9.17) is 4.42 Å². The molecule has 0 saturated heterocycles. The van der Waals surface area contributed by atoms with Crippen LogP contribution < -0.4 is 16.0 Å². The van der Waals surface area contributed by atoms with Gasteiger partial charge in [-0.3, -0.25) is 4.79 Å². The molecule has 0 aliphatic carbocycles. The number of furan rings is 1. The van der Waals surface area contributed by atoms with E-state index in [0.29, 0.717) is 17.0 Å². The van der Waals surface area contributed by atoms with Crippen molar-refractivity contribution in [3.63, 3.8) is 0 Å². The molecular formula is C22H22FN3O3.